The Morgan fingerprint density at radius 2 is 1.73 bits per heavy atom. The van der Waals surface area contributed by atoms with E-state index in [0.717, 1.165) is 0 Å². The molecule has 0 fully saturated rings. The summed E-state index contributed by atoms with van der Waals surface area (Å²) in [6.07, 6.45) is 2.34. The summed E-state index contributed by atoms with van der Waals surface area (Å²) in [5.41, 5.74) is 0.760. The van der Waals surface area contributed by atoms with E-state index in [4.69, 9.17) is 23.4 Å². The molecule has 1 aliphatic rings. The lowest BCUT2D eigenvalue weighted by molar-refractivity contribution is -0.124. The van der Waals surface area contributed by atoms with Crippen LogP contribution in [0.4, 0.5) is 0 Å². The SMILES string of the molecule is COC1=CC(COc2cc3oc(=O)c4cc(C(C)=O)ccc4c3cc2OC)=CC(=O)C1OC. The minimum atomic E-state index is -0.778. The second kappa shape index (κ2) is 8.91. The number of fused-ring (bicyclic) bond motifs is 3. The first kappa shape index (κ1) is 22.3. The van der Waals surface area contributed by atoms with E-state index >= 15 is 0 Å². The smallest absolute Gasteiger partial charge is 0.344 e. The number of methoxy groups -OCH3 is 3. The predicted octanol–water partition coefficient (Wildman–Crippen LogP) is 3.59. The average molecular weight is 450 g/mol. The summed E-state index contributed by atoms with van der Waals surface area (Å²) < 4.78 is 27.3. The van der Waals surface area contributed by atoms with Crippen LogP contribution in [0.2, 0.25) is 0 Å². The van der Waals surface area contributed by atoms with Crippen LogP contribution in [0.15, 0.2) is 63.0 Å². The van der Waals surface area contributed by atoms with Crippen molar-refractivity contribution in [3.05, 3.63) is 69.8 Å². The van der Waals surface area contributed by atoms with Crippen LogP contribution < -0.4 is 15.1 Å². The molecular weight excluding hydrogens is 428 g/mol. The molecule has 3 aromatic rings. The number of carbonyl (C=O) groups is 2. The maximum atomic E-state index is 12.6. The summed E-state index contributed by atoms with van der Waals surface area (Å²) in [4.78, 5) is 36.5. The van der Waals surface area contributed by atoms with Crippen molar-refractivity contribution < 1.29 is 33.0 Å². The van der Waals surface area contributed by atoms with Crippen LogP contribution in [0.5, 0.6) is 11.5 Å². The minimum absolute atomic E-state index is 0.0523. The predicted molar refractivity (Wildman–Crippen MR) is 121 cm³/mol. The quantitative estimate of drug-likeness (QED) is 0.306. The standard InChI is InChI=1S/C25H22O8/c1-13(26)15-5-6-16-17-10-21(29-2)22(11-20(17)33-25(28)18(16)9-15)32-12-14-7-19(27)24(31-4)23(8-14)30-3/h5-11,24H,12H2,1-4H3. The molecule has 2 aromatic carbocycles. The highest BCUT2D eigenvalue weighted by Gasteiger charge is 2.26. The van der Waals surface area contributed by atoms with Crippen molar-refractivity contribution >= 4 is 33.3 Å². The van der Waals surface area contributed by atoms with Gasteiger partial charge in [0.1, 0.15) is 17.9 Å². The molecule has 4 rings (SSSR count). The summed E-state index contributed by atoms with van der Waals surface area (Å²) in [6, 6.07) is 8.19. The molecule has 0 radical (unpaired) electrons. The van der Waals surface area contributed by atoms with Gasteiger partial charge in [0, 0.05) is 29.5 Å². The van der Waals surface area contributed by atoms with E-state index in [9.17, 15) is 14.4 Å². The molecule has 1 heterocycles. The van der Waals surface area contributed by atoms with Gasteiger partial charge in [-0.05, 0) is 36.8 Å². The lowest BCUT2D eigenvalue weighted by Gasteiger charge is -2.20. The first-order chi connectivity index (χ1) is 15.9. The van der Waals surface area contributed by atoms with Crippen molar-refractivity contribution in [3.8, 4) is 11.5 Å². The van der Waals surface area contributed by atoms with Gasteiger partial charge < -0.3 is 23.4 Å². The molecule has 1 aliphatic carbocycles. The Kier molecular flexibility index (Phi) is 6.02. The van der Waals surface area contributed by atoms with Gasteiger partial charge in [0.05, 0.1) is 19.6 Å². The second-order valence-electron chi connectivity index (χ2n) is 7.48. The Hall–Kier alpha value is -3.91. The van der Waals surface area contributed by atoms with Crippen LogP contribution in [0.3, 0.4) is 0 Å². The molecule has 8 nitrogen and oxygen atoms in total. The fraction of sp³-hybridized carbons (Fsp3) is 0.240. The number of hydrogen-bond donors (Lipinski definition) is 0. The van der Waals surface area contributed by atoms with Gasteiger partial charge in [-0.1, -0.05) is 12.1 Å². The number of Topliss-reactive ketones (excluding diaryl/α,β-unsaturated/α-hetero) is 1. The van der Waals surface area contributed by atoms with E-state index < -0.39 is 11.7 Å². The first-order valence-electron chi connectivity index (χ1n) is 10.1. The van der Waals surface area contributed by atoms with E-state index in [0.29, 0.717) is 50.1 Å². The number of benzene rings is 2. The molecule has 1 aromatic heterocycles. The lowest BCUT2D eigenvalue weighted by Crippen LogP contribution is -2.28. The average Bonchev–Trinajstić information content (AvgIpc) is 2.81. The third-order valence-electron chi connectivity index (χ3n) is 5.44. The molecule has 0 N–H and O–H groups in total. The van der Waals surface area contributed by atoms with Gasteiger partial charge in [-0.2, -0.15) is 0 Å². The zero-order chi connectivity index (χ0) is 23.7. The van der Waals surface area contributed by atoms with Gasteiger partial charge in [-0.25, -0.2) is 4.79 Å². The Labute approximate surface area is 189 Å². The number of hydrogen-bond acceptors (Lipinski definition) is 8. The van der Waals surface area contributed by atoms with Crippen LogP contribution in [0, 0.1) is 0 Å². The van der Waals surface area contributed by atoms with Crippen LogP contribution in [0.1, 0.15) is 17.3 Å². The molecule has 0 spiro atoms. The van der Waals surface area contributed by atoms with E-state index in [1.54, 1.807) is 30.3 Å². The summed E-state index contributed by atoms with van der Waals surface area (Å²) in [5.74, 6) is 0.750. The highest BCUT2D eigenvalue weighted by molar-refractivity contribution is 6.08. The van der Waals surface area contributed by atoms with E-state index in [-0.39, 0.29) is 18.2 Å². The van der Waals surface area contributed by atoms with Crippen molar-refractivity contribution in [2.45, 2.75) is 13.0 Å². The van der Waals surface area contributed by atoms with Gasteiger partial charge in [-0.15, -0.1) is 0 Å². The largest absolute Gasteiger partial charge is 0.498 e. The Bertz CT molecular complexity index is 1390. The zero-order valence-electron chi connectivity index (χ0n) is 18.6. The summed E-state index contributed by atoms with van der Waals surface area (Å²) in [7, 11) is 4.40. The van der Waals surface area contributed by atoms with Crippen LogP contribution >= 0.6 is 0 Å². The second-order valence-corrected chi connectivity index (χ2v) is 7.48. The Balaban J connectivity index is 1.72. The van der Waals surface area contributed by atoms with Crippen LogP contribution in [-0.2, 0) is 14.3 Å². The van der Waals surface area contributed by atoms with Gasteiger partial charge in [0.15, 0.2) is 29.2 Å². The van der Waals surface area contributed by atoms with Gasteiger partial charge in [-0.3, -0.25) is 9.59 Å². The number of ether oxygens (including phenoxy) is 4. The highest BCUT2D eigenvalue weighted by atomic mass is 16.5. The normalized spacial score (nSPS) is 15.9. The summed E-state index contributed by atoms with van der Waals surface area (Å²) in [6.45, 7) is 1.49. The molecule has 0 aliphatic heterocycles. The molecular formula is C25H22O8. The maximum absolute atomic E-state index is 12.6. The third-order valence-corrected chi connectivity index (χ3v) is 5.44. The Morgan fingerprint density at radius 1 is 0.939 bits per heavy atom. The van der Waals surface area contributed by atoms with E-state index in [1.807, 2.05) is 0 Å². The molecule has 0 saturated carbocycles. The van der Waals surface area contributed by atoms with Crippen molar-refractivity contribution in [3.63, 3.8) is 0 Å². The van der Waals surface area contributed by atoms with E-state index in [1.165, 1.54) is 40.4 Å². The molecule has 1 atom stereocenters. The number of rotatable bonds is 7. The summed E-state index contributed by atoms with van der Waals surface area (Å²) >= 11 is 0. The Morgan fingerprint density at radius 3 is 2.39 bits per heavy atom. The first-order valence-corrected chi connectivity index (χ1v) is 10.1. The van der Waals surface area contributed by atoms with Crippen LogP contribution in [0.25, 0.3) is 21.7 Å². The maximum Gasteiger partial charge on any atom is 0.344 e. The molecule has 8 heteroatoms. The van der Waals surface area contributed by atoms with Gasteiger partial charge >= 0.3 is 5.63 Å². The molecule has 170 valence electrons. The van der Waals surface area contributed by atoms with Crippen LogP contribution in [-0.4, -0.2) is 45.6 Å². The topological polar surface area (TPSA) is 101 Å². The number of ketones is 2. The minimum Gasteiger partial charge on any atom is -0.498 e. The molecule has 0 amide bonds. The van der Waals surface area contributed by atoms with Crippen molar-refractivity contribution in [2.24, 2.45) is 0 Å². The fourth-order valence-corrected chi connectivity index (χ4v) is 3.77. The van der Waals surface area contributed by atoms with Crippen molar-refractivity contribution in [1.82, 2.24) is 0 Å². The van der Waals surface area contributed by atoms with E-state index in [2.05, 4.69) is 0 Å². The summed E-state index contributed by atoms with van der Waals surface area (Å²) in [5, 5.41) is 1.58. The lowest BCUT2D eigenvalue weighted by atomic mass is 10.0. The third kappa shape index (κ3) is 4.12. The van der Waals surface area contributed by atoms with Crippen molar-refractivity contribution in [2.75, 3.05) is 27.9 Å². The molecule has 0 bridgehead atoms. The number of carbonyl (C=O) groups excluding carboxylic acids is 2. The molecule has 33 heavy (non-hydrogen) atoms. The highest BCUT2D eigenvalue weighted by Crippen LogP contribution is 2.35. The molecule has 0 saturated heterocycles. The monoisotopic (exact) mass is 450 g/mol. The van der Waals surface area contributed by atoms with Gasteiger partial charge in [0.25, 0.3) is 0 Å². The van der Waals surface area contributed by atoms with Crippen molar-refractivity contribution in [1.29, 1.82) is 0 Å². The zero-order valence-corrected chi connectivity index (χ0v) is 18.6. The molecule has 1 unspecified atom stereocenters. The fourth-order valence-electron chi connectivity index (χ4n) is 3.77. The van der Waals surface area contributed by atoms with Gasteiger partial charge in [0.2, 0.25) is 0 Å².